The molecular formula is C16H26FIN4O. The van der Waals surface area contributed by atoms with Gasteiger partial charge in [0.25, 0.3) is 0 Å². The highest BCUT2D eigenvalue weighted by Gasteiger charge is 2.04. The van der Waals surface area contributed by atoms with E-state index in [4.69, 9.17) is 0 Å². The van der Waals surface area contributed by atoms with Gasteiger partial charge in [-0.1, -0.05) is 13.8 Å². The van der Waals surface area contributed by atoms with Crippen LogP contribution in [-0.4, -0.2) is 32.0 Å². The van der Waals surface area contributed by atoms with Crippen molar-refractivity contribution in [1.29, 1.82) is 0 Å². The summed E-state index contributed by atoms with van der Waals surface area (Å²) in [5, 5.41) is 8.78. The minimum atomic E-state index is -0.331. The maximum atomic E-state index is 12.8. The van der Waals surface area contributed by atoms with Crippen molar-refractivity contribution in [3.8, 4) is 0 Å². The number of anilines is 1. The van der Waals surface area contributed by atoms with E-state index in [1.165, 1.54) is 24.3 Å². The van der Waals surface area contributed by atoms with Crippen molar-refractivity contribution < 1.29 is 9.18 Å². The molecule has 130 valence electrons. The van der Waals surface area contributed by atoms with E-state index in [0.717, 1.165) is 19.4 Å². The molecule has 0 fully saturated rings. The molecule has 0 aliphatic carbocycles. The van der Waals surface area contributed by atoms with Crippen molar-refractivity contribution in [1.82, 2.24) is 10.6 Å². The Hall–Kier alpha value is -1.38. The molecule has 0 aromatic heterocycles. The largest absolute Gasteiger partial charge is 0.356 e. The van der Waals surface area contributed by atoms with Gasteiger partial charge in [-0.3, -0.25) is 9.79 Å². The molecule has 0 saturated carbocycles. The predicted molar refractivity (Wildman–Crippen MR) is 104 cm³/mol. The van der Waals surface area contributed by atoms with Gasteiger partial charge in [0.2, 0.25) is 5.91 Å². The molecule has 0 heterocycles. The van der Waals surface area contributed by atoms with Gasteiger partial charge in [0, 0.05) is 19.3 Å². The topological polar surface area (TPSA) is 65.5 Å². The number of benzene rings is 1. The summed E-state index contributed by atoms with van der Waals surface area (Å²) in [4.78, 5) is 15.8. The standard InChI is InChI=1S/C16H25FN4O.HI/c1-12(2)5-4-10-19-16(18-3)20-11-15(22)21-14-8-6-13(17)7-9-14;/h6-9,12H,4-5,10-11H2,1-3H3,(H,21,22)(H2,18,19,20);1H. The Balaban J connectivity index is 0.00000484. The van der Waals surface area contributed by atoms with Crippen LogP contribution in [0.2, 0.25) is 0 Å². The lowest BCUT2D eigenvalue weighted by molar-refractivity contribution is -0.115. The number of carbonyl (C=O) groups excluding carboxylic acids is 1. The van der Waals surface area contributed by atoms with E-state index in [0.29, 0.717) is 17.6 Å². The second-order valence-electron chi connectivity index (χ2n) is 5.44. The van der Waals surface area contributed by atoms with Crippen LogP contribution in [0.1, 0.15) is 26.7 Å². The van der Waals surface area contributed by atoms with E-state index < -0.39 is 0 Å². The quantitative estimate of drug-likeness (QED) is 0.267. The first-order valence-corrected chi connectivity index (χ1v) is 7.51. The average Bonchev–Trinajstić information content (AvgIpc) is 2.48. The van der Waals surface area contributed by atoms with Crippen molar-refractivity contribution in [2.24, 2.45) is 10.9 Å². The molecule has 5 nitrogen and oxygen atoms in total. The fourth-order valence-corrected chi connectivity index (χ4v) is 1.84. The molecule has 0 unspecified atom stereocenters. The van der Waals surface area contributed by atoms with E-state index in [-0.39, 0.29) is 42.2 Å². The first-order valence-electron chi connectivity index (χ1n) is 7.51. The number of hydrogen-bond acceptors (Lipinski definition) is 2. The Labute approximate surface area is 154 Å². The Morgan fingerprint density at radius 2 is 1.87 bits per heavy atom. The van der Waals surface area contributed by atoms with Crippen LogP contribution in [0.3, 0.4) is 0 Å². The molecule has 23 heavy (non-hydrogen) atoms. The van der Waals surface area contributed by atoms with Crippen molar-refractivity contribution in [2.45, 2.75) is 26.7 Å². The summed E-state index contributed by atoms with van der Waals surface area (Å²) < 4.78 is 12.8. The van der Waals surface area contributed by atoms with E-state index in [1.807, 2.05) is 0 Å². The van der Waals surface area contributed by atoms with Crippen molar-refractivity contribution in [2.75, 3.05) is 25.5 Å². The number of guanidine groups is 1. The van der Waals surface area contributed by atoms with Gasteiger partial charge < -0.3 is 16.0 Å². The van der Waals surface area contributed by atoms with Crippen LogP contribution in [0.25, 0.3) is 0 Å². The zero-order valence-electron chi connectivity index (χ0n) is 13.9. The summed E-state index contributed by atoms with van der Waals surface area (Å²) in [5.74, 6) is 0.732. The van der Waals surface area contributed by atoms with Crippen LogP contribution in [0.15, 0.2) is 29.3 Å². The lowest BCUT2D eigenvalue weighted by Crippen LogP contribution is -2.41. The average molecular weight is 436 g/mol. The van der Waals surface area contributed by atoms with Crippen LogP contribution in [0, 0.1) is 11.7 Å². The highest BCUT2D eigenvalue weighted by Crippen LogP contribution is 2.07. The molecule has 1 aromatic carbocycles. The number of rotatable bonds is 7. The number of nitrogens with zero attached hydrogens (tertiary/aromatic N) is 1. The monoisotopic (exact) mass is 436 g/mol. The summed E-state index contributed by atoms with van der Waals surface area (Å²) in [6, 6.07) is 5.65. The lowest BCUT2D eigenvalue weighted by atomic mass is 10.1. The zero-order chi connectivity index (χ0) is 16.4. The summed E-state index contributed by atoms with van der Waals surface area (Å²) in [5.41, 5.74) is 0.563. The van der Waals surface area contributed by atoms with Gasteiger partial charge in [-0.2, -0.15) is 0 Å². The molecule has 0 aliphatic heterocycles. The number of aliphatic imine (C=N–C) groups is 1. The fourth-order valence-electron chi connectivity index (χ4n) is 1.84. The molecule has 0 bridgehead atoms. The number of carbonyl (C=O) groups is 1. The molecule has 1 aromatic rings. The molecule has 0 spiro atoms. The third kappa shape index (κ3) is 10.1. The van der Waals surface area contributed by atoms with Crippen molar-refractivity contribution in [3.63, 3.8) is 0 Å². The number of hydrogen-bond donors (Lipinski definition) is 3. The van der Waals surface area contributed by atoms with Crippen LogP contribution >= 0.6 is 24.0 Å². The summed E-state index contributed by atoms with van der Waals surface area (Å²) in [6.07, 6.45) is 2.20. The van der Waals surface area contributed by atoms with Crippen molar-refractivity contribution in [3.05, 3.63) is 30.1 Å². The van der Waals surface area contributed by atoms with Gasteiger partial charge in [0.1, 0.15) is 5.82 Å². The van der Waals surface area contributed by atoms with Gasteiger partial charge in [-0.25, -0.2) is 4.39 Å². The van der Waals surface area contributed by atoms with Crippen LogP contribution in [0.5, 0.6) is 0 Å². The fraction of sp³-hybridized carbons (Fsp3) is 0.500. The molecule has 7 heteroatoms. The SMILES string of the molecule is CN=C(NCCCC(C)C)NCC(=O)Nc1ccc(F)cc1.I. The highest BCUT2D eigenvalue weighted by atomic mass is 127. The van der Waals surface area contributed by atoms with E-state index in [9.17, 15) is 9.18 Å². The number of amides is 1. The normalized spacial score (nSPS) is 10.9. The zero-order valence-corrected chi connectivity index (χ0v) is 16.2. The predicted octanol–water partition coefficient (Wildman–Crippen LogP) is 2.98. The molecule has 0 atom stereocenters. The molecular weight excluding hydrogens is 410 g/mol. The Bertz CT molecular complexity index is 491. The third-order valence-corrected chi connectivity index (χ3v) is 3.02. The van der Waals surface area contributed by atoms with E-state index in [1.54, 1.807) is 7.05 Å². The Kier molecular flexibility index (Phi) is 11.4. The second kappa shape index (κ2) is 12.1. The van der Waals surface area contributed by atoms with Gasteiger partial charge >= 0.3 is 0 Å². The smallest absolute Gasteiger partial charge is 0.243 e. The third-order valence-electron chi connectivity index (χ3n) is 3.02. The highest BCUT2D eigenvalue weighted by molar-refractivity contribution is 14.0. The lowest BCUT2D eigenvalue weighted by Gasteiger charge is -2.12. The van der Waals surface area contributed by atoms with Gasteiger partial charge in [0.05, 0.1) is 6.54 Å². The maximum Gasteiger partial charge on any atom is 0.243 e. The van der Waals surface area contributed by atoms with Gasteiger partial charge in [-0.15, -0.1) is 24.0 Å². The first-order chi connectivity index (χ1) is 10.5. The van der Waals surface area contributed by atoms with E-state index in [2.05, 4.69) is 34.8 Å². The van der Waals surface area contributed by atoms with Crippen LogP contribution < -0.4 is 16.0 Å². The number of halogens is 2. The first kappa shape index (κ1) is 21.6. The molecule has 0 aliphatic rings. The van der Waals surface area contributed by atoms with Gasteiger partial charge in [0.15, 0.2) is 5.96 Å². The maximum absolute atomic E-state index is 12.8. The minimum absolute atomic E-state index is 0. The summed E-state index contributed by atoms with van der Waals surface area (Å²) >= 11 is 0. The molecule has 0 radical (unpaired) electrons. The Morgan fingerprint density at radius 3 is 2.43 bits per heavy atom. The van der Waals surface area contributed by atoms with Crippen LogP contribution in [0.4, 0.5) is 10.1 Å². The van der Waals surface area contributed by atoms with Crippen molar-refractivity contribution >= 4 is 41.5 Å². The molecule has 1 amide bonds. The molecule has 1 rings (SSSR count). The summed E-state index contributed by atoms with van der Waals surface area (Å²) in [6.45, 7) is 5.29. The molecule has 3 N–H and O–H groups in total. The number of nitrogens with one attached hydrogen (secondary N) is 3. The van der Waals surface area contributed by atoms with Crippen LogP contribution in [-0.2, 0) is 4.79 Å². The Morgan fingerprint density at radius 1 is 1.22 bits per heavy atom. The second-order valence-corrected chi connectivity index (χ2v) is 5.44. The molecule has 0 saturated heterocycles. The minimum Gasteiger partial charge on any atom is -0.356 e. The van der Waals surface area contributed by atoms with E-state index >= 15 is 0 Å². The summed E-state index contributed by atoms with van der Waals surface area (Å²) in [7, 11) is 1.66. The van der Waals surface area contributed by atoms with Gasteiger partial charge in [-0.05, 0) is 43.0 Å².